The van der Waals surface area contributed by atoms with E-state index in [2.05, 4.69) is 21.2 Å². The molecule has 0 aliphatic heterocycles. The molecule has 0 unspecified atom stereocenters. The Morgan fingerprint density at radius 2 is 1.66 bits per heavy atom. The van der Waals surface area contributed by atoms with Gasteiger partial charge in [0.05, 0.1) is 38.0 Å². The molecule has 0 saturated carbocycles. The van der Waals surface area contributed by atoms with Crippen LogP contribution >= 0.6 is 15.9 Å². The summed E-state index contributed by atoms with van der Waals surface area (Å²) >= 11 is 3.30. The van der Waals surface area contributed by atoms with E-state index >= 15 is 0 Å². The second-order valence-electron chi connectivity index (χ2n) is 5.59. The molecule has 1 amide bonds. The third kappa shape index (κ3) is 5.54. The molecule has 9 heteroatoms. The standard InChI is InChI=1S/C20H22BrNO7/c1-5-28-13-8-6-12(7-9-13)22-16(23)11-29-20(24)14-10-15(25-2)18(26-3)19(27-4)17(14)21/h6-10H,5,11H2,1-4H3,(H,22,23). The lowest BCUT2D eigenvalue weighted by Gasteiger charge is -2.16. The number of hydrogen-bond acceptors (Lipinski definition) is 7. The molecule has 2 aromatic rings. The number of nitrogens with one attached hydrogen (secondary N) is 1. The average Bonchev–Trinajstić information content (AvgIpc) is 2.73. The molecule has 2 aromatic carbocycles. The Bertz CT molecular complexity index is 868. The molecule has 0 aliphatic carbocycles. The molecule has 0 bridgehead atoms. The Morgan fingerprint density at radius 3 is 2.21 bits per heavy atom. The van der Waals surface area contributed by atoms with E-state index in [9.17, 15) is 9.59 Å². The zero-order valence-electron chi connectivity index (χ0n) is 16.5. The third-order valence-corrected chi connectivity index (χ3v) is 4.56. The number of anilines is 1. The Balaban J connectivity index is 2.05. The third-order valence-electron chi connectivity index (χ3n) is 3.77. The Hall–Kier alpha value is -2.94. The lowest BCUT2D eigenvalue weighted by molar-refractivity contribution is -0.119. The van der Waals surface area contributed by atoms with Crippen LogP contribution in [-0.2, 0) is 9.53 Å². The van der Waals surface area contributed by atoms with Crippen molar-refractivity contribution in [3.63, 3.8) is 0 Å². The Morgan fingerprint density at radius 1 is 1.00 bits per heavy atom. The molecule has 0 heterocycles. The predicted molar refractivity (Wildman–Crippen MR) is 110 cm³/mol. The first-order valence-corrected chi connectivity index (χ1v) is 9.42. The second-order valence-corrected chi connectivity index (χ2v) is 6.38. The monoisotopic (exact) mass is 467 g/mol. The van der Waals surface area contributed by atoms with E-state index < -0.39 is 18.5 Å². The molecule has 0 atom stereocenters. The Kier molecular flexibility index (Phi) is 8.14. The van der Waals surface area contributed by atoms with Gasteiger partial charge in [-0.25, -0.2) is 4.79 Å². The van der Waals surface area contributed by atoms with Gasteiger partial charge in [0.1, 0.15) is 5.75 Å². The normalized spacial score (nSPS) is 10.1. The van der Waals surface area contributed by atoms with E-state index in [0.717, 1.165) is 0 Å². The van der Waals surface area contributed by atoms with Crippen molar-refractivity contribution >= 4 is 33.5 Å². The summed E-state index contributed by atoms with van der Waals surface area (Å²) in [5.74, 6) is 0.385. The van der Waals surface area contributed by atoms with Crippen LogP contribution in [0.15, 0.2) is 34.8 Å². The van der Waals surface area contributed by atoms with Crippen LogP contribution in [0.4, 0.5) is 5.69 Å². The molecule has 1 N–H and O–H groups in total. The van der Waals surface area contributed by atoms with Crippen molar-refractivity contribution in [3.05, 3.63) is 40.4 Å². The Labute approximate surface area is 177 Å². The summed E-state index contributed by atoms with van der Waals surface area (Å²) in [7, 11) is 4.32. The van der Waals surface area contributed by atoms with Crippen molar-refractivity contribution in [2.45, 2.75) is 6.92 Å². The van der Waals surface area contributed by atoms with Crippen LogP contribution in [0.5, 0.6) is 23.0 Å². The molecule has 0 aliphatic rings. The summed E-state index contributed by atoms with van der Waals surface area (Å²) in [5, 5.41) is 2.64. The van der Waals surface area contributed by atoms with Crippen LogP contribution < -0.4 is 24.3 Å². The van der Waals surface area contributed by atoms with Crippen LogP contribution in [0.3, 0.4) is 0 Å². The minimum atomic E-state index is -0.724. The summed E-state index contributed by atoms with van der Waals surface area (Å²) in [6.45, 7) is 1.98. The van der Waals surface area contributed by atoms with Crippen LogP contribution in [-0.4, -0.2) is 46.4 Å². The number of carbonyl (C=O) groups excluding carboxylic acids is 2. The number of benzene rings is 2. The summed E-state index contributed by atoms with van der Waals surface area (Å²) in [5.41, 5.74) is 0.692. The number of methoxy groups -OCH3 is 3. The van der Waals surface area contributed by atoms with Crippen molar-refractivity contribution in [2.24, 2.45) is 0 Å². The van der Waals surface area contributed by atoms with E-state index in [1.54, 1.807) is 24.3 Å². The first-order chi connectivity index (χ1) is 13.9. The van der Waals surface area contributed by atoms with E-state index in [1.807, 2.05) is 6.92 Å². The van der Waals surface area contributed by atoms with Gasteiger partial charge in [0, 0.05) is 5.69 Å². The van der Waals surface area contributed by atoms with Gasteiger partial charge in [-0.05, 0) is 53.2 Å². The molecule has 8 nitrogen and oxygen atoms in total. The van der Waals surface area contributed by atoms with E-state index in [1.165, 1.54) is 27.4 Å². The van der Waals surface area contributed by atoms with Crippen molar-refractivity contribution in [2.75, 3.05) is 39.9 Å². The highest BCUT2D eigenvalue weighted by atomic mass is 79.9. The molecule has 0 aromatic heterocycles. The minimum absolute atomic E-state index is 0.133. The number of rotatable bonds is 9. The van der Waals surface area contributed by atoms with Gasteiger partial charge >= 0.3 is 5.97 Å². The van der Waals surface area contributed by atoms with E-state index in [4.69, 9.17) is 23.7 Å². The molecular weight excluding hydrogens is 446 g/mol. The summed E-state index contributed by atoms with van der Waals surface area (Å²) < 4.78 is 26.6. The van der Waals surface area contributed by atoms with Gasteiger partial charge in [-0.2, -0.15) is 0 Å². The SMILES string of the molecule is CCOc1ccc(NC(=O)COC(=O)c2cc(OC)c(OC)c(OC)c2Br)cc1. The summed E-state index contributed by atoms with van der Waals surface area (Å²) in [6, 6.07) is 8.30. The van der Waals surface area contributed by atoms with Gasteiger partial charge in [-0.15, -0.1) is 0 Å². The predicted octanol–water partition coefficient (Wildman–Crippen LogP) is 3.67. The fourth-order valence-electron chi connectivity index (χ4n) is 2.48. The number of esters is 1. The van der Waals surface area contributed by atoms with Gasteiger partial charge in [0.2, 0.25) is 5.75 Å². The number of ether oxygens (including phenoxy) is 5. The topological polar surface area (TPSA) is 92.3 Å². The molecule has 2 rings (SSSR count). The van der Waals surface area contributed by atoms with Crippen LogP contribution in [0.25, 0.3) is 0 Å². The van der Waals surface area contributed by atoms with Gasteiger partial charge in [-0.1, -0.05) is 0 Å². The number of hydrogen-bond donors (Lipinski definition) is 1. The maximum atomic E-state index is 12.5. The lowest BCUT2D eigenvalue weighted by Crippen LogP contribution is -2.21. The first kappa shape index (κ1) is 22.4. The molecule has 0 fully saturated rings. The first-order valence-electron chi connectivity index (χ1n) is 8.63. The lowest BCUT2D eigenvalue weighted by atomic mass is 10.2. The second kappa shape index (κ2) is 10.6. The number of carbonyl (C=O) groups is 2. The average molecular weight is 468 g/mol. The van der Waals surface area contributed by atoms with Crippen LogP contribution in [0.2, 0.25) is 0 Å². The molecule has 0 spiro atoms. The molecule has 0 saturated heterocycles. The number of amides is 1. The van der Waals surface area contributed by atoms with Gasteiger partial charge in [0.25, 0.3) is 5.91 Å². The van der Waals surface area contributed by atoms with Crippen molar-refractivity contribution < 1.29 is 33.3 Å². The minimum Gasteiger partial charge on any atom is -0.494 e. The van der Waals surface area contributed by atoms with Crippen molar-refractivity contribution in [1.82, 2.24) is 0 Å². The maximum Gasteiger partial charge on any atom is 0.340 e. The summed E-state index contributed by atoms with van der Waals surface area (Å²) in [4.78, 5) is 24.6. The van der Waals surface area contributed by atoms with E-state index in [-0.39, 0.29) is 11.3 Å². The highest BCUT2D eigenvalue weighted by Crippen LogP contribution is 2.44. The number of halogens is 1. The quantitative estimate of drug-likeness (QED) is 0.562. The van der Waals surface area contributed by atoms with Gasteiger partial charge in [0.15, 0.2) is 18.1 Å². The zero-order chi connectivity index (χ0) is 21.4. The van der Waals surface area contributed by atoms with Crippen molar-refractivity contribution in [3.8, 4) is 23.0 Å². The van der Waals surface area contributed by atoms with Gasteiger partial charge in [-0.3, -0.25) is 4.79 Å². The van der Waals surface area contributed by atoms with E-state index in [0.29, 0.717) is 34.0 Å². The maximum absolute atomic E-state index is 12.5. The van der Waals surface area contributed by atoms with Crippen LogP contribution in [0, 0.1) is 0 Å². The molecule has 156 valence electrons. The molecular formula is C20H22BrNO7. The fraction of sp³-hybridized carbons (Fsp3) is 0.300. The highest BCUT2D eigenvalue weighted by molar-refractivity contribution is 9.10. The van der Waals surface area contributed by atoms with Crippen molar-refractivity contribution in [1.29, 1.82) is 0 Å². The molecule has 0 radical (unpaired) electrons. The fourth-order valence-corrected chi connectivity index (χ4v) is 3.09. The largest absolute Gasteiger partial charge is 0.494 e. The highest BCUT2D eigenvalue weighted by Gasteiger charge is 2.24. The van der Waals surface area contributed by atoms with Gasteiger partial charge < -0.3 is 29.0 Å². The van der Waals surface area contributed by atoms with Crippen LogP contribution in [0.1, 0.15) is 17.3 Å². The summed E-state index contributed by atoms with van der Waals surface area (Å²) in [6.07, 6.45) is 0. The smallest absolute Gasteiger partial charge is 0.340 e. The molecule has 29 heavy (non-hydrogen) atoms. The zero-order valence-corrected chi connectivity index (χ0v) is 18.1.